The number of amides is 2. The third-order valence-electron chi connectivity index (χ3n) is 9.54. The quantitative estimate of drug-likeness (QED) is 0.172. The molecule has 11 heteroatoms. The summed E-state index contributed by atoms with van der Waals surface area (Å²) in [6.45, 7) is 14.9. The average Bonchev–Trinajstić information content (AvgIpc) is 3.88. The van der Waals surface area contributed by atoms with Crippen molar-refractivity contribution < 1.29 is 23.5 Å². The largest absolute Gasteiger partial charge is 0.456 e. The van der Waals surface area contributed by atoms with Crippen LogP contribution >= 0.6 is 0 Å². The van der Waals surface area contributed by atoms with Gasteiger partial charge in [-0.05, 0) is 115 Å². The van der Waals surface area contributed by atoms with Crippen molar-refractivity contribution in [3.63, 3.8) is 0 Å². The van der Waals surface area contributed by atoms with E-state index in [1.807, 2.05) is 66.9 Å². The van der Waals surface area contributed by atoms with E-state index in [-0.39, 0.29) is 18.2 Å². The van der Waals surface area contributed by atoms with Crippen LogP contribution in [-0.2, 0) is 28.9 Å². The molecule has 5 aromatic rings. The summed E-state index contributed by atoms with van der Waals surface area (Å²) in [6, 6.07) is 12.7. The zero-order chi connectivity index (χ0) is 36.8. The first kappa shape index (κ1) is 35.3. The van der Waals surface area contributed by atoms with Crippen molar-refractivity contribution in [2.75, 3.05) is 13.1 Å². The molecule has 274 valence electrons. The number of aromatic nitrogens is 4. The molecule has 2 aliphatic rings. The van der Waals surface area contributed by atoms with E-state index in [9.17, 15) is 9.59 Å². The molecule has 3 aromatic heterocycles. The van der Waals surface area contributed by atoms with Crippen LogP contribution in [0.25, 0.3) is 44.8 Å². The maximum absolute atomic E-state index is 12.9. The van der Waals surface area contributed by atoms with Gasteiger partial charge in [-0.3, -0.25) is 4.90 Å². The number of hydrogen-bond donors (Lipinski definition) is 2. The Bertz CT molecular complexity index is 2090. The lowest BCUT2D eigenvalue weighted by Crippen LogP contribution is -2.37. The molecular formula is C41H50N6O5. The predicted molar refractivity (Wildman–Crippen MR) is 201 cm³/mol. The van der Waals surface area contributed by atoms with E-state index in [1.54, 1.807) is 9.80 Å². The number of hydrogen-bond acceptors (Lipinski definition) is 7. The average molecular weight is 707 g/mol. The van der Waals surface area contributed by atoms with Gasteiger partial charge in [0.25, 0.3) is 0 Å². The van der Waals surface area contributed by atoms with Crippen molar-refractivity contribution in [3.05, 3.63) is 71.6 Å². The second-order valence-electron chi connectivity index (χ2n) is 16.0. The van der Waals surface area contributed by atoms with E-state index >= 15 is 0 Å². The first-order valence-electron chi connectivity index (χ1n) is 18.5. The molecule has 1 aliphatic heterocycles. The normalized spacial score (nSPS) is 16.1. The van der Waals surface area contributed by atoms with Crippen LogP contribution in [0.4, 0.5) is 9.59 Å². The van der Waals surface area contributed by atoms with Gasteiger partial charge in [-0.2, -0.15) is 0 Å². The Morgan fingerprint density at radius 2 is 1.65 bits per heavy atom. The Hall–Kier alpha value is -5.06. The molecule has 0 spiro atoms. The fourth-order valence-electron chi connectivity index (χ4n) is 7.27. The Labute approximate surface area is 305 Å². The lowest BCUT2D eigenvalue weighted by Gasteiger charge is -2.27. The second kappa shape index (κ2) is 13.8. The molecule has 4 heterocycles. The summed E-state index contributed by atoms with van der Waals surface area (Å²) in [6.07, 6.45) is 8.46. The molecule has 0 saturated carbocycles. The van der Waals surface area contributed by atoms with Gasteiger partial charge in [-0.15, -0.1) is 0 Å². The van der Waals surface area contributed by atoms with Crippen LogP contribution < -0.4 is 0 Å². The third kappa shape index (κ3) is 7.45. The molecule has 1 atom stereocenters. The predicted octanol–water partition coefficient (Wildman–Crippen LogP) is 9.59. The molecule has 2 N–H and O–H groups in total. The number of carbonyl (C=O) groups excluding carboxylic acids is 2. The summed E-state index contributed by atoms with van der Waals surface area (Å²) in [7, 11) is 0. The minimum atomic E-state index is -0.561. The maximum atomic E-state index is 12.9. The van der Waals surface area contributed by atoms with E-state index in [1.165, 1.54) is 11.1 Å². The molecule has 0 bridgehead atoms. The highest BCUT2D eigenvalue weighted by atomic mass is 16.6. The van der Waals surface area contributed by atoms with Crippen LogP contribution in [-0.4, -0.2) is 66.2 Å². The Morgan fingerprint density at radius 1 is 0.923 bits per heavy atom. The number of benzene rings is 2. The molecule has 0 radical (unpaired) electrons. The number of rotatable bonds is 7. The minimum Gasteiger partial charge on any atom is -0.456 e. The Kier molecular flexibility index (Phi) is 9.39. The van der Waals surface area contributed by atoms with Gasteiger partial charge in [0.15, 0.2) is 0 Å². The highest BCUT2D eigenvalue weighted by Gasteiger charge is 2.35. The Morgan fingerprint density at radius 3 is 2.42 bits per heavy atom. The van der Waals surface area contributed by atoms with E-state index in [0.29, 0.717) is 25.5 Å². The molecule has 1 fully saturated rings. The summed E-state index contributed by atoms with van der Waals surface area (Å²) in [5.74, 6) is 2.42. The molecule has 1 unspecified atom stereocenters. The molecule has 11 nitrogen and oxygen atoms in total. The number of ether oxygens (including phenoxy) is 2. The zero-order valence-electron chi connectivity index (χ0n) is 31.4. The van der Waals surface area contributed by atoms with Gasteiger partial charge in [-0.25, -0.2) is 19.6 Å². The molecule has 52 heavy (non-hydrogen) atoms. The summed E-state index contributed by atoms with van der Waals surface area (Å²) < 4.78 is 17.9. The first-order chi connectivity index (χ1) is 24.8. The van der Waals surface area contributed by atoms with Crippen LogP contribution in [0.2, 0.25) is 0 Å². The van der Waals surface area contributed by atoms with Crippen LogP contribution in [0.15, 0.2) is 53.2 Å². The number of aryl methyl sites for hydroxylation is 2. The van der Waals surface area contributed by atoms with Crippen molar-refractivity contribution in [2.24, 2.45) is 0 Å². The zero-order valence-corrected chi connectivity index (χ0v) is 31.4. The van der Waals surface area contributed by atoms with Crippen molar-refractivity contribution in [2.45, 2.75) is 111 Å². The number of nitrogens with zero attached hydrogens (tertiary/aromatic N) is 4. The van der Waals surface area contributed by atoms with Gasteiger partial charge >= 0.3 is 12.2 Å². The number of nitrogens with one attached hydrogen (secondary N) is 2. The lowest BCUT2D eigenvalue weighted by atomic mass is 9.98. The fourth-order valence-corrected chi connectivity index (χ4v) is 7.27. The van der Waals surface area contributed by atoms with Gasteiger partial charge in [0.05, 0.1) is 36.4 Å². The number of H-pyrrole nitrogens is 2. The fraction of sp³-hybridized carbons (Fsp3) is 0.463. The number of imidazole rings is 2. The maximum Gasteiger partial charge on any atom is 0.410 e. The van der Waals surface area contributed by atoms with Crippen LogP contribution in [0.3, 0.4) is 0 Å². The van der Waals surface area contributed by atoms with Crippen molar-refractivity contribution in [3.8, 4) is 33.8 Å². The monoisotopic (exact) mass is 706 g/mol. The summed E-state index contributed by atoms with van der Waals surface area (Å²) in [4.78, 5) is 45.5. The van der Waals surface area contributed by atoms with Crippen molar-refractivity contribution in [1.29, 1.82) is 0 Å². The Balaban J connectivity index is 1.11. The highest BCUT2D eigenvalue weighted by Crippen LogP contribution is 2.42. The number of aromatic amines is 2. The van der Waals surface area contributed by atoms with E-state index in [0.717, 1.165) is 89.2 Å². The number of likely N-dealkylation sites (tertiary alicyclic amines) is 1. The van der Waals surface area contributed by atoms with Gasteiger partial charge < -0.3 is 28.8 Å². The topological polar surface area (TPSA) is 130 Å². The molecular weight excluding hydrogens is 656 g/mol. The number of fused-ring (bicyclic) bond motifs is 5. The second-order valence-corrected chi connectivity index (χ2v) is 16.0. The summed E-state index contributed by atoms with van der Waals surface area (Å²) in [5.41, 5.74) is 7.19. The number of furan rings is 1. The minimum absolute atomic E-state index is 0.139. The van der Waals surface area contributed by atoms with Crippen molar-refractivity contribution in [1.82, 2.24) is 29.7 Å². The molecule has 1 saturated heterocycles. The van der Waals surface area contributed by atoms with Crippen molar-refractivity contribution >= 4 is 23.2 Å². The van der Waals surface area contributed by atoms with Crippen LogP contribution in [0.5, 0.6) is 0 Å². The van der Waals surface area contributed by atoms with Crippen LogP contribution in [0, 0.1) is 0 Å². The SMILES string of the molecule is CCCN(Cc1ncc(-c2ccc3c(c2)CCCc2c-3oc3ccc(-c4cnc(C5CCCN5C(=O)OC(C)(C)C)[nH]4)cc23)[nH]1)C(=O)OC(C)(C)C. The number of carbonyl (C=O) groups is 2. The highest BCUT2D eigenvalue weighted by molar-refractivity contribution is 5.92. The van der Waals surface area contributed by atoms with Gasteiger partial charge in [0.1, 0.15) is 34.2 Å². The van der Waals surface area contributed by atoms with Gasteiger partial charge in [-0.1, -0.05) is 19.1 Å². The van der Waals surface area contributed by atoms with Crippen LogP contribution in [0.1, 0.15) is 103 Å². The summed E-state index contributed by atoms with van der Waals surface area (Å²) >= 11 is 0. The van der Waals surface area contributed by atoms with E-state index < -0.39 is 11.2 Å². The van der Waals surface area contributed by atoms with E-state index in [4.69, 9.17) is 18.9 Å². The molecule has 2 aromatic carbocycles. The van der Waals surface area contributed by atoms with Gasteiger partial charge in [0, 0.05) is 35.2 Å². The smallest absolute Gasteiger partial charge is 0.410 e. The summed E-state index contributed by atoms with van der Waals surface area (Å²) in [5, 5.41) is 1.11. The molecule has 7 rings (SSSR count). The first-order valence-corrected chi connectivity index (χ1v) is 18.5. The molecule has 2 amide bonds. The van der Waals surface area contributed by atoms with E-state index in [2.05, 4.69) is 45.3 Å². The molecule has 1 aliphatic carbocycles. The van der Waals surface area contributed by atoms with Gasteiger partial charge in [0.2, 0.25) is 0 Å². The third-order valence-corrected chi connectivity index (χ3v) is 9.54. The standard InChI is InChI=1S/C41H50N6O5/c1-8-18-46(38(48)51-40(2,3)4)24-35-42-22-31(44-35)26-14-16-28-25(20-26)11-9-12-29-30-21-27(15-17-34(30)50-36(28)29)32-23-43-37(45-32)33-13-10-19-47(33)39(49)52-41(5,6)7/h14-17,20-23,33H,8-13,18-19,24H2,1-7H3,(H,42,44)(H,43,45). The lowest BCUT2D eigenvalue weighted by molar-refractivity contribution is 0.0212.